The van der Waals surface area contributed by atoms with Gasteiger partial charge in [0.05, 0.1) is 17.9 Å². The number of sulfonamides is 1. The van der Waals surface area contributed by atoms with Crippen LogP contribution in [-0.4, -0.2) is 40.1 Å². The molecule has 1 fully saturated rings. The summed E-state index contributed by atoms with van der Waals surface area (Å²) in [5, 5.41) is 4.45. The lowest BCUT2D eigenvalue weighted by atomic mass is 10.3. The quantitative estimate of drug-likeness (QED) is 0.811. The van der Waals surface area contributed by atoms with E-state index in [1.54, 1.807) is 28.3 Å². The zero-order valence-corrected chi connectivity index (χ0v) is 14.5. The molecular weight excluding hydrogens is 312 g/mol. The zero-order chi connectivity index (χ0) is 16.6. The molecule has 0 radical (unpaired) electrons. The van der Waals surface area contributed by atoms with E-state index in [1.807, 2.05) is 26.0 Å². The summed E-state index contributed by atoms with van der Waals surface area (Å²) in [6.07, 6.45) is 5.40. The Morgan fingerprint density at radius 1 is 1.35 bits per heavy atom. The molecule has 23 heavy (non-hydrogen) atoms. The summed E-state index contributed by atoms with van der Waals surface area (Å²) in [6, 6.07) is 3.98. The van der Waals surface area contributed by atoms with E-state index in [0.717, 1.165) is 18.4 Å². The summed E-state index contributed by atoms with van der Waals surface area (Å²) in [5.74, 6) is 0. The molecule has 0 N–H and O–H groups in total. The van der Waals surface area contributed by atoms with E-state index in [0.29, 0.717) is 29.4 Å². The van der Waals surface area contributed by atoms with Crippen molar-refractivity contribution in [1.29, 1.82) is 0 Å². The number of nitrogens with zero attached hydrogens (tertiary/aromatic N) is 4. The Labute approximate surface area is 137 Å². The van der Waals surface area contributed by atoms with Gasteiger partial charge in [0, 0.05) is 25.0 Å². The Hall–Kier alpha value is -1.73. The predicted octanol–water partition coefficient (Wildman–Crippen LogP) is 2.12. The molecule has 0 aromatic carbocycles. The van der Waals surface area contributed by atoms with Crippen LogP contribution in [0.2, 0.25) is 0 Å². The zero-order valence-electron chi connectivity index (χ0n) is 13.7. The van der Waals surface area contributed by atoms with Crippen LogP contribution in [0.25, 0.3) is 0 Å². The monoisotopic (exact) mass is 334 g/mol. The lowest BCUT2D eigenvalue weighted by Gasteiger charge is -2.20. The largest absolute Gasteiger partial charge is 0.264 e. The normalized spacial score (nSPS) is 15.3. The van der Waals surface area contributed by atoms with Gasteiger partial charge in [-0.25, -0.2) is 8.42 Å². The van der Waals surface area contributed by atoms with Crippen LogP contribution in [0.3, 0.4) is 0 Å². The molecule has 0 aliphatic heterocycles. The van der Waals surface area contributed by atoms with Crippen LogP contribution in [0.5, 0.6) is 0 Å². The molecule has 1 saturated carbocycles. The molecule has 0 spiro atoms. The minimum Gasteiger partial charge on any atom is -0.264 e. The molecule has 2 aromatic rings. The predicted molar refractivity (Wildman–Crippen MR) is 87.6 cm³/mol. The van der Waals surface area contributed by atoms with Gasteiger partial charge in [0.1, 0.15) is 4.90 Å². The van der Waals surface area contributed by atoms with Crippen molar-refractivity contribution in [1.82, 2.24) is 19.1 Å². The number of aryl methyl sites for hydroxylation is 1. The van der Waals surface area contributed by atoms with Crippen LogP contribution < -0.4 is 0 Å². The third-order valence-corrected chi connectivity index (χ3v) is 6.48. The van der Waals surface area contributed by atoms with E-state index in [-0.39, 0.29) is 6.04 Å². The van der Waals surface area contributed by atoms with Gasteiger partial charge in [-0.3, -0.25) is 9.67 Å². The van der Waals surface area contributed by atoms with Crippen LogP contribution >= 0.6 is 0 Å². The summed E-state index contributed by atoms with van der Waals surface area (Å²) in [6.45, 7) is 6.50. The molecule has 0 unspecified atom stereocenters. The highest BCUT2D eigenvalue weighted by Crippen LogP contribution is 2.33. The first kappa shape index (κ1) is 16.1. The van der Waals surface area contributed by atoms with Crippen molar-refractivity contribution in [2.45, 2.75) is 51.1 Å². The summed E-state index contributed by atoms with van der Waals surface area (Å²) >= 11 is 0. The average molecular weight is 334 g/mol. The van der Waals surface area contributed by atoms with Crippen LogP contribution in [0.1, 0.15) is 36.7 Å². The Morgan fingerprint density at radius 3 is 2.65 bits per heavy atom. The van der Waals surface area contributed by atoms with Gasteiger partial charge in [-0.2, -0.15) is 9.40 Å². The van der Waals surface area contributed by atoms with Crippen molar-refractivity contribution >= 4 is 10.0 Å². The van der Waals surface area contributed by atoms with Gasteiger partial charge in [-0.1, -0.05) is 13.0 Å². The fourth-order valence-electron chi connectivity index (χ4n) is 2.98. The summed E-state index contributed by atoms with van der Waals surface area (Å²) < 4.78 is 29.4. The van der Waals surface area contributed by atoms with Gasteiger partial charge >= 0.3 is 0 Å². The molecule has 2 aromatic heterocycles. The van der Waals surface area contributed by atoms with Crippen molar-refractivity contribution in [3.8, 4) is 0 Å². The highest BCUT2D eigenvalue weighted by molar-refractivity contribution is 7.89. The Bertz CT molecular complexity index is 795. The second kappa shape index (κ2) is 6.05. The summed E-state index contributed by atoms with van der Waals surface area (Å²) in [7, 11) is -3.49. The third kappa shape index (κ3) is 3.03. The summed E-state index contributed by atoms with van der Waals surface area (Å²) in [4.78, 5) is 4.45. The molecule has 1 aliphatic carbocycles. The molecule has 0 saturated heterocycles. The maximum Gasteiger partial charge on any atom is 0.246 e. The Morgan fingerprint density at radius 2 is 2.09 bits per heavy atom. The van der Waals surface area contributed by atoms with Gasteiger partial charge in [-0.05, 0) is 38.3 Å². The van der Waals surface area contributed by atoms with E-state index in [1.165, 1.54) is 0 Å². The smallest absolute Gasteiger partial charge is 0.246 e. The van der Waals surface area contributed by atoms with Crippen molar-refractivity contribution in [3.63, 3.8) is 0 Å². The van der Waals surface area contributed by atoms with E-state index in [9.17, 15) is 8.42 Å². The minimum atomic E-state index is -3.49. The second-order valence-corrected chi connectivity index (χ2v) is 7.79. The molecule has 6 nitrogen and oxygen atoms in total. The molecule has 7 heteroatoms. The van der Waals surface area contributed by atoms with E-state index in [4.69, 9.17) is 0 Å². The summed E-state index contributed by atoms with van der Waals surface area (Å²) in [5.41, 5.74) is 2.24. The van der Waals surface area contributed by atoms with Crippen molar-refractivity contribution in [3.05, 3.63) is 41.5 Å². The van der Waals surface area contributed by atoms with Crippen LogP contribution in [0, 0.1) is 13.8 Å². The van der Waals surface area contributed by atoms with Crippen molar-refractivity contribution in [2.24, 2.45) is 0 Å². The van der Waals surface area contributed by atoms with Gasteiger partial charge in [0.15, 0.2) is 0 Å². The highest BCUT2D eigenvalue weighted by Gasteiger charge is 2.39. The second-order valence-electron chi connectivity index (χ2n) is 5.96. The van der Waals surface area contributed by atoms with Gasteiger partial charge in [0.2, 0.25) is 10.0 Å². The number of hydrogen-bond acceptors (Lipinski definition) is 4. The average Bonchev–Trinajstić information content (AvgIpc) is 3.28. The number of rotatable bonds is 6. The molecular formula is C16H22N4O2S. The molecule has 124 valence electrons. The molecule has 3 rings (SSSR count). The van der Waals surface area contributed by atoms with E-state index < -0.39 is 10.0 Å². The maximum absolute atomic E-state index is 13.0. The van der Waals surface area contributed by atoms with Crippen LogP contribution in [0.4, 0.5) is 0 Å². The number of aromatic nitrogens is 3. The number of pyridine rings is 1. The Balaban J connectivity index is 1.97. The SMILES string of the molecule is CCN(C1CC1)S(=O)(=O)c1c(C)nn(Cc2cccnc2)c1C. The first-order valence-electron chi connectivity index (χ1n) is 7.90. The first-order chi connectivity index (χ1) is 10.9. The molecule has 0 atom stereocenters. The van der Waals surface area contributed by atoms with E-state index >= 15 is 0 Å². The highest BCUT2D eigenvalue weighted by atomic mass is 32.2. The van der Waals surface area contributed by atoms with E-state index in [2.05, 4.69) is 10.1 Å². The lowest BCUT2D eigenvalue weighted by molar-refractivity contribution is 0.420. The molecule has 1 aliphatic rings. The molecule has 0 amide bonds. The maximum atomic E-state index is 13.0. The fourth-order valence-corrected chi connectivity index (χ4v) is 5.05. The third-order valence-electron chi connectivity index (χ3n) is 4.20. The Kier molecular flexibility index (Phi) is 4.25. The minimum absolute atomic E-state index is 0.158. The van der Waals surface area contributed by atoms with Crippen LogP contribution in [-0.2, 0) is 16.6 Å². The van der Waals surface area contributed by atoms with Gasteiger partial charge < -0.3 is 0 Å². The fraction of sp³-hybridized carbons (Fsp3) is 0.500. The topological polar surface area (TPSA) is 68.1 Å². The van der Waals surface area contributed by atoms with Crippen LogP contribution in [0.15, 0.2) is 29.4 Å². The van der Waals surface area contributed by atoms with Crippen molar-refractivity contribution in [2.75, 3.05) is 6.54 Å². The van der Waals surface area contributed by atoms with Crippen molar-refractivity contribution < 1.29 is 8.42 Å². The van der Waals surface area contributed by atoms with Gasteiger partial charge in [-0.15, -0.1) is 0 Å². The first-order valence-corrected chi connectivity index (χ1v) is 9.34. The van der Waals surface area contributed by atoms with Gasteiger partial charge in [0.25, 0.3) is 0 Å². The lowest BCUT2D eigenvalue weighted by Crippen LogP contribution is -2.33. The molecule has 2 heterocycles. The molecule has 0 bridgehead atoms. The number of hydrogen-bond donors (Lipinski definition) is 0. The standard InChI is InChI=1S/C16H22N4O2S/c1-4-20(15-7-8-15)23(21,22)16-12(2)18-19(13(16)3)11-14-6-5-9-17-10-14/h5-6,9-10,15H,4,7-8,11H2,1-3H3.